The summed E-state index contributed by atoms with van der Waals surface area (Å²) in [6, 6.07) is 8.93. The van der Waals surface area contributed by atoms with E-state index in [2.05, 4.69) is 24.1 Å². The standard InChI is InChI=1S/C24H26FN3O/c1-28-8-6-24(7-9-28)5-4-15-2-3-18-19-12-21(25)16(10-17(27)13-26)11-22(19)29-14-20(18)23(15)24/h2-3,11-12,17H,4-10,14,27H2,1H3. The number of likely N-dealkylation sites (tertiary alicyclic amines) is 1. The molecule has 0 amide bonds. The number of aryl methyl sites for hydroxylation is 1. The predicted molar refractivity (Wildman–Crippen MR) is 110 cm³/mol. The smallest absolute Gasteiger partial charge is 0.128 e. The third kappa shape index (κ3) is 2.94. The highest BCUT2D eigenvalue weighted by Gasteiger charge is 2.43. The van der Waals surface area contributed by atoms with Gasteiger partial charge < -0.3 is 15.4 Å². The number of halogens is 1. The monoisotopic (exact) mass is 391 g/mol. The van der Waals surface area contributed by atoms with Crippen LogP contribution in [0, 0.1) is 17.1 Å². The van der Waals surface area contributed by atoms with E-state index in [0.717, 1.165) is 30.6 Å². The minimum Gasteiger partial charge on any atom is -0.488 e. The lowest BCUT2D eigenvalue weighted by Gasteiger charge is -2.40. The molecular weight excluding hydrogens is 365 g/mol. The fraction of sp³-hybridized carbons (Fsp3) is 0.458. The summed E-state index contributed by atoms with van der Waals surface area (Å²) >= 11 is 0. The van der Waals surface area contributed by atoms with Gasteiger partial charge in [-0.3, -0.25) is 0 Å². The minimum absolute atomic E-state index is 0.187. The first-order valence-electron chi connectivity index (χ1n) is 10.5. The lowest BCUT2D eigenvalue weighted by atomic mass is 9.71. The molecule has 1 atom stereocenters. The molecule has 0 aromatic heterocycles. The van der Waals surface area contributed by atoms with Crippen molar-refractivity contribution in [2.75, 3.05) is 20.1 Å². The van der Waals surface area contributed by atoms with E-state index in [4.69, 9.17) is 15.7 Å². The molecule has 2 N–H and O–H groups in total. The van der Waals surface area contributed by atoms with Crippen LogP contribution < -0.4 is 10.5 Å². The predicted octanol–water partition coefficient (Wildman–Crippen LogP) is 3.69. The Labute approximate surface area is 171 Å². The molecule has 0 radical (unpaired) electrons. The van der Waals surface area contributed by atoms with Crippen LogP contribution in [0.1, 0.15) is 41.5 Å². The van der Waals surface area contributed by atoms with Gasteiger partial charge in [0.15, 0.2) is 0 Å². The first-order valence-corrected chi connectivity index (χ1v) is 10.5. The number of hydrogen-bond donors (Lipinski definition) is 1. The summed E-state index contributed by atoms with van der Waals surface area (Å²) in [7, 11) is 2.20. The summed E-state index contributed by atoms with van der Waals surface area (Å²) in [5.41, 5.74) is 12.5. The van der Waals surface area contributed by atoms with Crippen LogP contribution in [0.4, 0.5) is 4.39 Å². The van der Waals surface area contributed by atoms with Crippen LogP contribution in [-0.2, 0) is 24.9 Å². The number of benzene rings is 2. The average Bonchev–Trinajstić information content (AvgIpc) is 3.09. The van der Waals surface area contributed by atoms with E-state index in [9.17, 15) is 4.39 Å². The molecule has 150 valence electrons. The number of nitrogens with two attached hydrogens (primary N) is 1. The molecule has 1 unspecified atom stereocenters. The molecule has 5 rings (SSSR count). The van der Waals surface area contributed by atoms with Gasteiger partial charge in [0.25, 0.3) is 0 Å². The van der Waals surface area contributed by atoms with Crippen LogP contribution in [0.2, 0.25) is 0 Å². The SMILES string of the molecule is CN1CCC2(CCc3ccc4c(c32)COc2cc(CC(N)C#N)c(F)cc2-4)CC1. The molecule has 5 heteroatoms. The van der Waals surface area contributed by atoms with E-state index >= 15 is 0 Å². The zero-order valence-electron chi connectivity index (χ0n) is 16.8. The Balaban J connectivity index is 1.59. The Morgan fingerprint density at radius 2 is 2.03 bits per heavy atom. The lowest BCUT2D eigenvalue weighted by molar-refractivity contribution is 0.184. The minimum atomic E-state index is -0.717. The molecule has 1 saturated heterocycles. The Morgan fingerprint density at radius 3 is 2.79 bits per heavy atom. The van der Waals surface area contributed by atoms with Gasteiger partial charge in [0.1, 0.15) is 18.2 Å². The van der Waals surface area contributed by atoms with Crippen molar-refractivity contribution >= 4 is 0 Å². The second-order valence-electron chi connectivity index (χ2n) is 8.88. The fourth-order valence-corrected chi connectivity index (χ4v) is 5.53. The summed E-state index contributed by atoms with van der Waals surface area (Å²) in [5, 5.41) is 8.95. The normalized spacial score (nSPS) is 20.3. The van der Waals surface area contributed by atoms with E-state index in [-0.39, 0.29) is 17.7 Å². The zero-order valence-corrected chi connectivity index (χ0v) is 16.8. The van der Waals surface area contributed by atoms with Gasteiger partial charge in [0.2, 0.25) is 0 Å². The molecule has 2 aromatic carbocycles. The molecule has 1 aliphatic carbocycles. The molecule has 1 fully saturated rings. The van der Waals surface area contributed by atoms with Crippen molar-refractivity contribution in [3.63, 3.8) is 0 Å². The Kier molecular flexibility index (Phi) is 4.38. The van der Waals surface area contributed by atoms with E-state index in [1.807, 2.05) is 6.07 Å². The maximum atomic E-state index is 14.8. The first-order chi connectivity index (χ1) is 14.0. The van der Waals surface area contributed by atoms with E-state index in [1.165, 1.54) is 36.0 Å². The first kappa shape index (κ1) is 18.6. The highest BCUT2D eigenvalue weighted by molar-refractivity contribution is 5.78. The zero-order chi connectivity index (χ0) is 20.2. The third-order valence-corrected chi connectivity index (χ3v) is 7.16. The van der Waals surface area contributed by atoms with Gasteiger partial charge in [-0.15, -0.1) is 0 Å². The largest absolute Gasteiger partial charge is 0.488 e. The average molecular weight is 391 g/mol. The summed E-state index contributed by atoms with van der Waals surface area (Å²) in [6.07, 6.45) is 4.88. The molecule has 2 aromatic rings. The molecule has 3 aliphatic rings. The second kappa shape index (κ2) is 6.83. The van der Waals surface area contributed by atoms with Crippen LogP contribution in [-0.4, -0.2) is 31.1 Å². The summed E-state index contributed by atoms with van der Waals surface area (Å²) < 4.78 is 20.9. The molecule has 4 nitrogen and oxygen atoms in total. The number of nitrogens with zero attached hydrogens (tertiary/aromatic N) is 2. The molecule has 0 bridgehead atoms. The maximum absolute atomic E-state index is 14.8. The van der Waals surface area contributed by atoms with E-state index < -0.39 is 6.04 Å². The third-order valence-electron chi connectivity index (χ3n) is 7.16. The highest BCUT2D eigenvalue weighted by Crippen LogP contribution is 2.51. The van der Waals surface area contributed by atoms with Crippen molar-refractivity contribution < 1.29 is 9.13 Å². The van der Waals surface area contributed by atoms with Crippen molar-refractivity contribution in [2.24, 2.45) is 5.73 Å². The second-order valence-corrected chi connectivity index (χ2v) is 8.88. The number of rotatable bonds is 2. The van der Waals surface area contributed by atoms with Gasteiger partial charge in [-0.05, 0) is 85.6 Å². The van der Waals surface area contributed by atoms with Crippen LogP contribution in [0.3, 0.4) is 0 Å². The van der Waals surface area contributed by atoms with Crippen LogP contribution in [0.15, 0.2) is 24.3 Å². The maximum Gasteiger partial charge on any atom is 0.128 e. The summed E-state index contributed by atoms with van der Waals surface area (Å²) in [6.45, 7) is 2.77. The summed E-state index contributed by atoms with van der Waals surface area (Å²) in [5.74, 6) is 0.370. The van der Waals surface area contributed by atoms with E-state index in [1.54, 1.807) is 12.1 Å². The van der Waals surface area contributed by atoms with Crippen molar-refractivity contribution in [3.8, 4) is 22.9 Å². The van der Waals surface area contributed by atoms with E-state index in [0.29, 0.717) is 17.9 Å². The molecular formula is C24H26FN3O. The fourth-order valence-electron chi connectivity index (χ4n) is 5.53. The summed E-state index contributed by atoms with van der Waals surface area (Å²) in [4.78, 5) is 2.41. The van der Waals surface area contributed by atoms with Gasteiger partial charge in [-0.1, -0.05) is 12.1 Å². The number of nitriles is 1. The Hall–Kier alpha value is -2.42. The van der Waals surface area contributed by atoms with Gasteiger partial charge in [-0.2, -0.15) is 5.26 Å². The van der Waals surface area contributed by atoms with Crippen molar-refractivity contribution in [2.45, 2.75) is 50.2 Å². The Morgan fingerprint density at radius 1 is 1.24 bits per heavy atom. The number of ether oxygens (including phenoxy) is 1. The molecule has 29 heavy (non-hydrogen) atoms. The highest BCUT2D eigenvalue weighted by atomic mass is 19.1. The molecule has 2 aliphatic heterocycles. The van der Waals surface area contributed by atoms with Crippen molar-refractivity contribution in [3.05, 3.63) is 52.3 Å². The quantitative estimate of drug-likeness (QED) is 0.848. The topological polar surface area (TPSA) is 62.3 Å². The van der Waals surface area contributed by atoms with Gasteiger partial charge >= 0.3 is 0 Å². The van der Waals surface area contributed by atoms with Crippen molar-refractivity contribution in [1.29, 1.82) is 5.26 Å². The van der Waals surface area contributed by atoms with Crippen molar-refractivity contribution in [1.82, 2.24) is 4.90 Å². The van der Waals surface area contributed by atoms with Crippen LogP contribution >= 0.6 is 0 Å². The molecule has 0 saturated carbocycles. The molecule has 1 spiro atoms. The van der Waals surface area contributed by atoms with Gasteiger partial charge in [-0.25, -0.2) is 4.39 Å². The number of fused-ring (bicyclic) bond motifs is 6. The van der Waals surface area contributed by atoms with Gasteiger partial charge in [0, 0.05) is 17.5 Å². The Bertz CT molecular complexity index is 1020. The number of piperidine rings is 1. The van der Waals surface area contributed by atoms with Crippen LogP contribution in [0.5, 0.6) is 5.75 Å². The number of hydrogen-bond acceptors (Lipinski definition) is 4. The van der Waals surface area contributed by atoms with Gasteiger partial charge in [0.05, 0.1) is 12.1 Å². The van der Waals surface area contributed by atoms with Crippen LogP contribution in [0.25, 0.3) is 11.1 Å². The molecule has 2 heterocycles. The lowest BCUT2D eigenvalue weighted by Crippen LogP contribution is -2.40.